The van der Waals surface area contributed by atoms with Gasteiger partial charge in [-0.25, -0.2) is 9.37 Å². The molecule has 9 heteroatoms. The van der Waals surface area contributed by atoms with E-state index in [1.165, 1.54) is 18.3 Å². The number of hydrogen-bond donors (Lipinski definition) is 3. The van der Waals surface area contributed by atoms with Gasteiger partial charge < -0.3 is 15.4 Å². The Morgan fingerprint density at radius 2 is 2.19 bits per heavy atom. The first kappa shape index (κ1) is 17.0. The molecule has 3 N–H and O–H groups in total. The molecule has 138 valence electrons. The van der Waals surface area contributed by atoms with Crippen LogP contribution in [0, 0.1) is 18.7 Å². The van der Waals surface area contributed by atoms with Crippen LogP contribution < -0.4 is 15.4 Å². The first-order valence-corrected chi connectivity index (χ1v) is 8.38. The smallest absolute Gasteiger partial charge is 0.237 e. The highest BCUT2D eigenvalue weighted by molar-refractivity contribution is 6.07. The van der Waals surface area contributed by atoms with E-state index in [0.717, 1.165) is 6.07 Å². The summed E-state index contributed by atoms with van der Waals surface area (Å²) in [6.07, 6.45) is 1.96. The molecule has 2 amide bonds. The lowest BCUT2D eigenvalue weighted by Gasteiger charge is -2.11. The number of pyridine rings is 1. The van der Waals surface area contributed by atoms with Crippen molar-refractivity contribution in [2.75, 3.05) is 11.9 Å². The van der Waals surface area contributed by atoms with Crippen molar-refractivity contribution in [1.82, 2.24) is 20.5 Å². The van der Waals surface area contributed by atoms with Gasteiger partial charge in [-0.15, -0.1) is 0 Å². The molecule has 0 bridgehead atoms. The van der Waals surface area contributed by atoms with Gasteiger partial charge in [0.05, 0.1) is 11.1 Å². The predicted molar refractivity (Wildman–Crippen MR) is 94.8 cm³/mol. The lowest BCUT2D eigenvalue weighted by atomic mass is 10.1. The minimum absolute atomic E-state index is 0.000270. The summed E-state index contributed by atoms with van der Waals surface area (Å²) in [7, 11) is 0. The Bertz CT molecular complexity index is 1050. The van der Waals surface area contributed by atoms with Gasteiger partial charge in [0.2, 0.25) is 11.8 Å². The minimum Gasteiger partial charge on any atom is -0.453 e. The molecule has 3 aromatic rings. The summed E-state index contributed by atoms with van der Waals surface area (Å²) in [5.74, 6) is -1.75. The molecule has 8 nitrogen and oxygen atoms in total. The molecule has 0 aliphatic carbocycles. The maximum atomic E-state index is 14.5. The fourth-order valence-electron chi connectivity index (χ4n) is 3.01. The summed E-state index contributed by atoms with van der Waals surface area (Å²) in [6, 6.07) is 5.71. The average molecular weight is 369 g/mol. The number of fused-ring (bicyclic) bond motifs is 1. The second kappa shape index (κ2) is 6.67. The van der Waals surface area contributed by atoms with E-state index < -0.39 is 17.6 Å². The number of H-pyrrole nitrogens is 1. The van der Waals surface area contributed by atoms with Gasteiger partial charge in [0.15, 0.2) is 17.2 Å². The van der Waals surface area contributed by atoms with E-state index in [9.17, 15) is 14.0 Å². The predicted octanol–water partition coefficient (Wildman–Crippen LogP) is 2.27. The molecule has 0 saturated carbocycles. The second-order valence-corrected chi connectivity index (χ2v) is 6.21. The summed E-state index contributed by atoms with van der Waals surface area (Å²) in [6.45, 7) is 2.26. The van der Waals surface area contributed by atoms with Crippen LogP contribution in [0.25, 0.3) is 11.0 Å². The SMILES string of the molecule is Cc1n[nH]c2nccc(Oc3ccc(NC(=O)C4CCNC4=O)cc3F)c12. The number of anilines is 1. The Balaban J connectivity index is 1.54. The van der Waals surface area contributed by atoms with Gasteiger partial charge in [-0.05, 0) is 31.5 Å². The maximum Gasteiger partial charge on any atom is 0.237 e. The van der Waals surface area contributed by atoms with Crippen LogP contribution in [0.1, 0.15) is 12.1 Å². The van der Waals surface area contributed by atoms with E-state index in [1.54, 1.807) is 13.0 Å². The molecule has 0 radical (unpaired) electrons. The Morgan fingerprint density at radius 3 is 2.93 bits per heavy atom. The van der Waals surface area contributed by atoms with Crippen LogP contribution in [0.4, 0.5) is 10.1 Å². The van der Waals surface area contributed by atoms with Crippen molar-refractivity contribution in [3.05, 3.63) is 42.0 Å². The van der Waals surface area contributed by atoms with E-state index in [4.69, 9.17) is 4.74 Å². The molecule has 1 atom stereocenters. The van der Waals surface area contributed by atoms with Gasteiger partial charge >= 0.3 is 0 Å². The lowest BCUT2D eigenvalue weighted by molar-refractivity contribution is -0.130. The van der Waals surface area contributed by atoms with Gasteiger partial charge in [-0.1, -0.05) is 0 Å². The summed E-state index contributed by atoms with van der Waals surface area (Å²) in [4.78, 5) is 27.8. The fraction of sp³-hybridized carbons (Fsp3) is 0.222. The standard InChI is InChI=1S/C18H16FN5O3/c1-9-15-14(5-7-20-16(15)24-23-9)27-13-3-2-10(8-12(13)19)22-18(26)11-4-6-21-17(11)25/h2-3,5,7-8,11H,4,6H2,1H3,(H,21,25)(H,22,26)(H,20,23,24). The van der Waals surface area contributed by atoms with Crippen molar-refractivity contribution in [3.8, 4) is 11.5 Å². The Morgan fingerprint density at radius 1 is 1.33 bits per heavy atom. The van der Waals surface area contributed by atoms with Crippen molar-refractivity contribution in [2.45, 2.75) is 13.3 Å². The number of aryl methyl sites for hydroxylation is 1. The highest BCUT2D eigenvalue weighted by Gasteiger charge is 2.31. The van der Waals surface area contributed by atoms with Gasteiger partial charge in [0.25, 0.3) is 0 Å². The molecular formula is C18H16FN5O3. The van der Waals surface area contributed by atoms with Crippen molar-refractivity contribution in [3.63, 3.8) is 0 Å². The van der Waals surface area contributed by atoms with E-state index in [0.29, 0.717) is 35.4 Å². The monoisotopic (exact) mass is 369 g/mol. The zero-order chi connectivity index (χ0) is 19.0. The van der Waals surface area contributed by atoms with Crippen LogP contribution >= 0.6 is 0 Å². The molecule has 1 aromatic carbocycles. The number of benzene rings is 1. The molecule has 1 unspecified atom stereocenters. The molecule has 4 rings (SSSR count). The van der Waals surface area contributed by atoms with E-state index >= 15 is 0 Å². The number of carbonyl (C=O) groups excluding carboxylic acids is 2. The third kappa shape index (κ3) is 3.19. The summed E-state index contributed by atoms with van der Waals surface area (Å²) in [5.41, 5.74) is 1.49. The average Bonchev–Trinajstić information content (AvgIpc) is 3.24. The first-order valence-electron chi connectivity index (χ1n) is 8.38. The zero-order valence-electron chi connectivity index (χ0n) is 14.4. The van der Waals surface area contributed by atoms with Crippen molar-refractivity contribution in [1.29, 1.82) is 0 Å². The number of ether oxygens (including phenoxy) is 1. The quantitative estimate of drug-likeness (QED) is 0.611. The molecule has 1 aliphatic heterocycles. The number of amides is 2. The van der Waals surface area contributed by atoms with Gasteiger partial charge in [-0.2, -0.15) is 5.10 Å². The van der Waals surface area contributed by atoms with Gasteiger partial charge in [0.1, 0.15) is 11.7 Å². The van der Waals surface area contributed by atoms with Crippen molar-refractivity contribution < 1.29 is 18.7 Å². The first-order chi connectivity index (χ1) is 13.0. The number of halogens is 1. The Labute approximate surface area is 153 Å². The normalized spacial score (nSPS) is 16.4. The molecule has 27 heavy (non-hydrogen) atoms. The van der Waals surface area contributed by atoms with Crippen LogP contribution in [0.15, 0.2) is 30.5 Å². The van der Waals surface area contributed by atoms with Crippen LogP contribution in [-0.2, 0) is 9.59 Å². The summed E-state index contributed by atoms with van der Waals surface area (Å²) < 4.78 is 20.2. The molecule has 1 saturated heterocycles. The molecule has 3 heterocycles. The van der Waals surface area contributed by atoms with Crippen molar-refractivity contribution >= 4 is 28.5 Å². The third-order valence-corrected chi connectivity index (χ3v) is 4.39. The molecule has 1 aliphatic rings. The zero-order valence-corrected chi connectivity index (χ0v) is 14.4. The number of nitrogens with one attached hydrogen (secondary N) is 3. The largest absolute Gasteiger partial charge is 0.453 e. The number of carbonyl (C=O) groups is 2. The Hall–Kier alpha value is -3.49. The van der Waals surface area contributed by atoms with Crippen LogP contribution in [0.2, 0.25) is 0 Å². The third-order valence-electron chi connectivity index (χ3n) is 4.39. The van der Waals surface area contributed by atoms with E-state index in [2.05, 4.69) is 25.8 Å². The maximum absolute atomic E-state index is 14.5. The highest BCUT2D eigenvalue weighted by Crippen LogP contribution is 2.32. The number of nitrogens with zero attached hydrogens (tertiary/aromatic N) is 2. The minimum atomic E-state index is -0.752. The molecule has 1 fully saturated rings. The molecule has 2 aromatic heterocycles. The second-order valence-electron chi connectivity index (χ2n) is 6.21. The topological polar surface area (TPSA) is 109 Å². The molecule has 0 spiro atoms. The van der Waals surface area contributed by atoms with E-state index in [-0.39, 0.29) is 17.3 Å². The van der Waals surface area contributed by atoms with Crippen molar-refractivity contribution in [2.24, 2.45) is 5.92 Å². The van der Waals surface area contributed by atoms with Crippen LogP contribution in [0.5, 0.6) is 11.5 Å². The summed E-state index contributed by atoms with van der Waals surface area (Å²) in [5, 5.41) is 12.7. The summed E-state index contributed by atoms with van der Waals surface area (Å²) >= 11 is 0. The fourth-order valence-corrected chi connectivity index (χ4v) is 3.01. The lowest BCUT2D eigenvalue weighted by Crippen LogP contribution is -2.29. The number of rotatable bonds is 4. The highest BCUT2D eigenvalue weighted by atomic mass is 19.1. The van der Waals surface area contributed by atoms with Crippen LogP contribution in [0.3, 0.4) is 0 Å². The van der Waals surface area contributed by atoms with Gasteiger partial charge in [-0.3, -0.25) is 14.7 Å². The van der Waals surface area contributed by atoms with E-state index in [1.807, 2.05) is 0 Å². The van der Waals surface area contributed by atoms with Crippen LogP contribution in [-0.4, -0.2) is 33.5 Å². The van der Waals surface area contributed by atoms with Gasteiger partial charge in [0, 0.05) is 24.5 Å². The number of aromatic amines is 1. The number of aromatic nitrogens is 3. The Kier molecular flexibility index (Phi) is 4.19. The number of hydrogen-bond acceptors (Lipinski definition) is 5. The molecular weight excluding hydrogens is 353 g/mol.